The van der Waals surface area contributed by atoms with Gasteiger partial charge in [-0.1, -0.05) is 13.8 Å². The molecule has 3 rings (SSSR count). The minimum absolute atomic E-state index is 0.236. The molecule has 0 fully saturated rings. The first-order valence-electron chi connectivity index (χ1n) is 7.41. The number of rotatable bonds is 2. The first kappa shape index (κ1) is 15.5. The van der Waals surface area contributed by atoms with Crippen LogP contribution in [0.25, 0.3) is 0 Å². The van der Waals surface area contributed by atoms with Crippen LogP contribution in [0.3, 0.4) is 0 Å². The van der Waals surface area contributed by atoms with Crippen molar-refractivity contribution in [3.05, 3.63) is 64.7 Å². The largest absolute Gasteiger partial charge is 0.377 e. The lowest BCUT2D eigenvalue weighted by atomic mass is 9.72. The van der Waals surface area contributed by atoms with Crippen molar-refractivity contribution in [3.8, 4) is 0 Å². The molecule has 1 unspecified atom stereocenters. The van der Waals surface area contributed by atoms with E-state index in [-0.39, 0.29) is 11.5 Å². The molecular weight excluding hydrogens is 298 g/mol. The number of nitrogens with two attached hydrogens (primary N) is 1. The predicted octanol–water partition coefficient (Wildman–Crippen LogP) is 3.80. The van der Waals surface area contributed by atoms with E-state index in [4.69, 9.17) is 5.73 Å². The molecule has 2 aromatic carbocycles. The maximum absolute atomic E-state index is 13.6. The third-order valence-electron chi connectivity index (χ3n) is 4.34. The van der Waals surface area contributed by atoms with Crippen LogP contribution in [0.15, 0.2) is 36.4 Å². The van der Waals surface area contributed by atoms with Crippen LogP contribution in [0, 0.1) is 17.0 Å². The molecule has 23 heavy (non-hydrogen) atoms. The molecule has 1 aliphatic heterocycles. The van der Waals surface area contributed by atoms with Crippen LogP contribution in [0.4, 0.5) is 14.5 Å². The van der Waals surface area contributed by atoms with Gasteiger partial charge in [0.05, 0.1) is 6.04 Å². The Hall–Kier alpha value is -2.43. The second-order valence-electron chi connectivity index (χ2n) is 6.68. The van der Waals surface area contributed by atoms with Gasteiger partial charge in [0.15, 0.2) is 0 Å². The highest BCUT2D eigenvalue weighted by molar-refractivity contribution is 5.93. The first-order valence-corrected chi connectivity index (χ1v) is 7.41. The molecule has 120 valence electrons. The number of benzene rings is 2. The molecule has 1 amide bonds. The Bertz CT molecular complexity index is 766. The number of hydrogen-bond donors (Lipinski definition) is 2. The van der Waals surface area contributed by atoms with Crippen molar-refractivity contribution in [1.29, 1.82) is 0 Å². The molecule has 0 bridgehead atoms. The number of primary amides is 1. The van der Waals surface area contributed by atoms with Gasteiger partial charge in [-0.3, -0.25) is 4.79 Å². The lowest BCUT2D eigenvalue weighted by molar-refractivity contribution is 0.1000. The summed E-state index contributed by atoms with van der Waals surface area (Å²) in [6.07, 6.45) is 0.666. The van der Waals surface area contributed by atoms with Crippen molar-refractivity contribution in [3.63, 3.8) is 0 Å². The van der Waals surface area contributed by atoms with E-state index in [1.807, 2.05) is 13.8 Å². The Balaban J connectivity index is 2.03. The van der Waals surface area contributed by atoms with Gasteiger partial charge in [0, 0.05) is 17.3 Å². The summed E-state index contributed by atoms with van der Waals surface area (Å²) in [6, 6.07) is 8.54. The van der Waals surface area contributed by atoms with E-state index in [9.17, 15) is 13.6 Å². The molecule has 3 nitrogen and oxygen atoms in total. The number of anilines is 1. The smallest absolute Gasteiger partial charge is 0.248 e. The lowest BCUT2D eigenvalue weighted by Gasteiger charge is -2.41. The van der Waals surface area contributed by atoms with E-state index in [0.717, 1.165) is 17.3 Å². The van der Waals surface area contributed by atoms with Gasteiger partial charge in [-0.05, 0) is 53.3 Å². The van der Waals surface area contributed by atoms with Crippen LogP contribution in [0.5, 0.6) is 0 Å². The fourth-order valence-corrected chi connectivity index (χ4v) is 3.25. The summed E-state index contributed by atoms with van der Waals surface area (Å²) in [4.78, 5) is 11.3. The zero-order chi connectivity index (χ0) is 16.8. The fraction of sp³-hybridized carbons (Fsp3) is 0.278. The Kier molecular flexibility index (Phi) is 3.59. The van der Waals surface area contributed by atoms with E-state index in [0.29, 0.717) is 17.5 Å². The van der Waals surface area contributed by atoms with E-state index in [1.54, 1.807) is 18.2 Å². The zero-order valence-corrected chi connectivity index (χ0v) is 13.0. The lowest BCUT2D eigenvalue weighted by Crippen LogP contribution is -2.35. The molecular formula is C18H18F2N2O. The van der Waals surface area contributed by atoms with Crippen LogP contribution in [-0.4, -0.2) is 5.91 Å². The monoisotopic (exact) mass is 316 g/mol. The van der Waals surface area contributed by atoms with Crippen molar-refractivity contribution >= 4 is 11.6 Å². The molecule has 1 aliphatic rings. The van der Waals surface area contributed by atoms with Gasteiger partial charge < -0.3 is 11.1 Å². The SMILES string of the molecule is CC1(C)Cc2cc(C(N)=O)ccc2NC1c1cc(F)cc(F)c1. The maximum atomic E-state index is 13.6. The van der Waals surface area contributed by atoms with Crippen LogP contribution in [0.1, 0.15) is 41.4 Å². The Morgan fingerprint density at radius 3 is 2.43 bits per heavy atom. The van der Waals surface area contributed by atoms with E-state index in [2.05, 4.69) is 5.32 Å². The van der Waals surface area contributed by atoms with Crippen molar-refractivity contribution in [2.24, 2.45) is 11.1 Å². The van der Waals surface area contributed by atoms with Crippen LogP contribution < -0.4 is 11.1 Å². The molecule has 0 saturated carbocycles. The Labute approximate surface area is 133 Å². The second-order valence-corrected chi connectivity index (χ2v) is 6.68. The molecule has 1 heterocycles. The number of halogens is 2. The van der Waals surface area contributed by atoms with Gasteiger partial charge in [-0.2, -0.15) is 0 Å². The molecule has 0 spiro atoms. The summed E-state index contributed by atoms with van der Waals surface area (Å²) < 4.78 is 27.1. The quantitative estimate of drug-likeness (QED) is 0.885. The summed E-state index contributed by atoms with van der Waals surface area (Å²) in [5.41, 5.74) is 7.88. The van der Waals surface area contributed by atoms with Gasteiger partial charge in [-0.15, -0.1) is 0 Å². The fourth-order valence-electron chi connectivity index (χ4n) is 3.25. The average molecular weight is 316 g/mol. The molecule has 5 heteroatoms. The minimum Gasteiger partial charge on any atom is -0.377 e. The van der Waals surface area contributed by atoms with Gasteiger partial charge in [0.25, 0.3) is 0 Å². The molecule has 0 aliphatic carbocycles. The van der Waals surface area contributed by atoms with E-state index < -0.39 is 17.5 Å². The van der Waals surface area contributed by atoms with Crippen LogP contribution in [0.2, 0.25) is 0 Å². The summed E-state index contributed by atoms with van der Waals surface area (Å²) in [7, 11) is 0. The number of nitrogens with one attached hydrogen (secondary N) is 1. The van der Waals surface area contributed by atoms with Crippen LogP contribution >= 0.6 is 0 Å². The van der Waals surface area contributed by atoms with Gasteiger partial charge in [0.2, 0.25) is 5.91 Å². The Morgan fingerprint density at radius 2 is 1.83 bits per heavy atom. The third kappa shape index (κ3) is 2.91. The standard InChI is InChI=1S/C18H18F2N2O/c1-18(2)9-12-5-10(17(21)23)3-4-15(12)22-16(18)11-6-13(19)8-14(20)7-11/h3-8,16,22H,9H2,1-2H3,(H2,21,23). The van der Waals surface area contributed by atoms with Gasteiger partial charge in [-0.25, -0.2) is 8.78 Å². The van der Waals surface area contributed by atoms with Crippen molar-refractivity contribution in [2.75, 3.05) is 5.32 Å². The number of carbonyl (C=O) groups excluding carboxylic acids is 1. The van der Waals surface area contributed by atoms with Crippen molar-refractivity contribution in [2.45, 2.75) is 26.3 Å². The number of hydrogen-bond acceptors (Lipinski definition) is 2. The highest BCUT2D eigenvalue weighted by Crippen LogP contribution is 2.45. The van der Waals surface area contributed by atoms with E-state index >= 15 is 0 Å². The summed E-state index contributed by atoms with van der Waals surface area (Å²) >= 11 is 0. The third-order valence-corrected chi connectivity index (χ3v) is 4.34. The summed E-state index contributed by atoms with van der Waals surface area (Å²) in [5, 5.41) is 3.34. The summed E-state index contributed by atoms with van der Waals surface area (Å²) in [6.45, 7) is 4.04. The number of fused-ring (bicyclic) bond motifs is 1. The van der Waals surface area contributed by atoms with E-state index in [1.165, 1.54) is 12.1 Å². The number of carbonyl (C=O) groups is 1. The normalized spacial score (nSPS) is 18.9. The van der Waals surface area contributed by atoms with Gasteiger partial charge >= 0.3 is 0 Å². The zero-order valence-electron chi connectivity index (χ0n) is 13.0. The Morgan fingerprint density at radius 1 is 1.17 bits per heavy atom. The molecule has 3 N–H and O–H groups in total. The molecule has 0 saturated heterocycles. The predicted molar refractivity (Wildman–Crippen MR) is 85.2 cm³/mol. The molecule has 0 aromatic heterocycles. The average Bonchev–Trinajstić information content (AvgIpc) is 2.43. The second kappa shape index (κ2) is 5.33. The molecule has 0 radical (unpaired) electrons. The summed E-state index contributed by atoms with van der Waals surface area (Å²) in [5.74, 6) is -1.65. The van der Waals surface area contributed by atoms with Gasteiger partial charge in [0.1, 0.15) is 11.6 Å². The number of amides is 1. The topological polar surface area (TPSA) is 55.1 Å². The van der Waals surface area contributed by atoms with Crippen molar-refractivity contribution < 1.29 is 13.6 Å². The highest BCUT2D eigenvalue weighted by Gasteiger charge is 2.36. The first-order chi connectivity index (χ1) is 10.8. The highest BCUT2D eigenvalue weighted by atomic mass is 19.1. The molecule has 2 aromatic rings. The van der Waals surface area contributed by atoms with Crippen LogP contribution in [-0.2, 0) is 6.42 Å². The maximum Gasteiger partial charge on any atom is 0.248 e. The molecule has 1 atom stereocenters. The van der Waals surface area contributed by atoms with Crippen molar-refractivity contribution in [1.82, 2.24) is 0 Å². The minimum atomic E-state index is -0.590.